The summed E-state index contributed by atoms with van der Waals surface area (Å²) in [5, 5.41) is 14.0. The van der Waals surface area contributed by atoms with Crippen molar-refractivity contribution in [2.45, 2.75) is 17.9 Å². The first-order valence-corrected chi connectivity index (χ1v) is 7.39. The largest absolute Gasteiger partial charge is 0.383 e. The zero-order chi connectivity index (χ0) is 14.6. The summed E-state index contributed by atoms with van der Waals surface area (Å²) in [7, 11) is -2.15. The average molecular weight is 288 g/mol. The predicted molar refractivity (Wildman–Crippen MR) is 71.2 cm³/mol. The third-order valence-corrected chi connectivity index (χ3v) is 3.53. The molecule has 0 spiro atoms. The van der Waals surface area contributed by atoms with Crippen molar-refractivity contribution in [2.75, 3.05) is 25.3 Å². The summed E-state index contributed by atoms with van der Waals surface area (Å²) in [6.07, 6.45) is 0.942. The lowest BCUT2D eigenvalue weighted by Crippen LogP contribution is -2.21. The number of benzene rings is 1. The quantitative estimate of drug-likeness (QED) is 0.628. The summed E-state index contributed by atoms with van der Waals surface area (Å²) >= 11 is 0. The molecule has 1 unspecified atom stereocenters. The van der Waals surface area contributed by atoms with Crippen molar-refractivity contribution in [1.82, 2.24) is 0 Å². The normalized spacial score (nSPS) is 13.0. The number of methoxy groups -OCH3 is 1. The number of nitrogens with zero attached hydrogens (tertiary/aromatic N) is 1. The molecule has 8 heteroatoms. The zero-order valence-electron chi connectivity index (χ0n) is 10.9. The number of hydrogen-bond donors (Lipinski definition) is 1. The van der Waals surface area contributed by atoms with Gasteiger partial charge in [0.25, 0.3) is 0 Å². The molecule has 0 saturated heterocycles. The van der Waals surface area contributed by atoms with E-state index in [0.29, 0.717) is 6.61 Å². The molecular weight excluding hydrogens is 272 g/mol. The Morgan fingerprint density at radius 3 is 2.58 bits per heavy atom. The Balaban J connectivity index is 3.29. The Hall–Kier alpha value is -1.67. The first-order valence-electron chi connectivity index (χ1n) is 5.50. The fourth-order valence-electron chi connectivity index (χ4n) is 1.68. The number of nitrogens with one attached hydrogen (secondary N) is 1. The third-order valence-electron chi connectivity index (χ3n) is 2.40. The average Bonchev–Trinajstić information content (AvgIpc) is 2.27. The minimum absolute atomic E-state index is 0.164. The lowest BCUT2D eigenvalue weighted by Gasteiger charge is -2.15. The highest BCUT2D eigenvalue weighted by Gasteiger charge is 2.26. The highest BCUT2D eigenvalue weighted by atomic mass is 32.2. The molecule has 0 aliphatic heterocycles. The molecule has 7 nitrogen and oxygen atoms in total. The Bertz CT molecular complexity index is 570. The molecule has 0 amide bonds. The molecule has 0 heterocycles. The topological polar surface area (TPSA) is 98.5 Å². The summed E-state index contributed by atoms with van der Waals surface area (Å²) in [4.78, 5) is 10.1. The summed E-state index contributed by atoms with van der Waals surface area (Å²) in [5.41, 5.74) is -0.273. The van der Waals surface area contributed by atoms with Crippen molar-refractivity contribution >= 4 is 21.2 Å². The summed E-state index contributed by atoms with van der Waals surface area (Å²) in [6.45, 7) is 2.13. The molecule has 0 saturated carbocycles. The van der Waals surface area contributed by atoms with Gasteiger partial charge in [0.05, 0.1) is 11.5 Å². The fourth-order valence-corrected chi connectivity index (χ4v) is 2.54. The van der Waals surface area contributed by atoms with Crippen molar-refractivity contribution in [2.24, 2.45) is 0 Å². The van der Waals surface area contributed by atoms with Gasteiger partial charge in [-0.05, 0) is 19.1 Å². The van der Waals surface area contributed by atoms with Crippen LogP contribution in [0, 0.1) is 10.1 Å². The number of nitro groups is 1. The molecule has 1 aromatic rings. The van der Waals surface area contributed by atoms with E-state index in [1.807, 2.05) is 0 Å². The Kier molecular flexibility index (Phi) is 4.84. The van der Waals surface area contributed by atoms with E-state index in [9.17, 15) is 18.5 Å². The summed E-state index contributed by atoms with van der Waals surface area (Å²) in [5.74, 6) is 0. The molecule has 106 valence electrons. The molecular formula is C11H16N2O5S. The third kappa shape index (κ3) is 3.90. The molecule has 0 aliphatic rings. The van der Waals surface area contributed by atoms with Crippen LogP contribution in [0.25, 0.3) is 0 Å². The maximum Gasteiger partial charge on any atom is 0.310 e. The van der Waals surface area contributed by atoms with Crippen LogP contribution >= 0.6 is 0 Å². The number of para-hydroxylation sites is 1. The van der Waals surface area contributed by atoms with Crippen molar-refractivity contribution in [3.63, 3.8) is 0 Å². The molecule has 1 rings (SSSR count). The van der Waals surface area contributed by atoms with Crippen molar-refractivity contribution in [3.8, 4) is 0 Å². The van der Waals surface area contributed by atoms with Gasteiger partial charge >= 0.3 is 5.69 Å². The van der Waals surface area contributed by atoms with Crippen LogP contribution in [0.4, 0.5) is 11.4 Å². The molecule has 19 heavy (non-hydrogen) atoms. The Morgan fingerprint density at radius 2 is 2.11 bits per heavy atom. The van der Waals surface area contributed by atoms with Crippen molar-refractivity contribution in [3.05, 3.63) is 28.3 Å². The van der Waals surface area contributed by atoms with Gasteiger partial charge in [-0.3, -0.25) is 10.1 Å². The molecule has 1 N–H and O–H groups in total. The molecule has 0 radical (unpaired) electrons. The highest BCUT2D eigenvalue weighted by Crippen LogP contribution is 2.32. The molecule has 0 aromatic heterocycles. The van der Waals surface area contributed by atoms with E-state index in [-0.39, 0.29) is 16.6 Å². The highest BCUT2D eigenvalue weighted by molar-refractivity contribution is 7.90. The second-order valence-electron chi connectivity index (χ2n) is 4.18. The number of ether oxygens (including phenoxy) is 1. The van der Waals surface area contributed by atoms with Gasteiger partial charge < -0.3 is 10.1 Å². The van der Waals surface area contributed by atoms with Crippen LogP contribution in [0.15, 0.2) is 23.1 Å². The van der Waals surface area contributed by atoms with Gasteiger partial charge in [0, 0.05) is 19.4 Å². The number of rotatable bonds is 6. The van der Waals surface area contributed by atoms with Gasteiger partial charge in [-0.2, -0.15) is 0 Å². The van der Waals surface area contributed by atoms with Gasteiger partial charge in [-0.15, -0.1) is 0 Å². The monoisotopic (exact) mass is 288 g/mol. The van der Waals surface area contributed by atoms with Crippen LogP contribution in [0.1, 0.15) is 6.92 Å². The summed E-state index contributed by atoms with van der Waals surface area (Å²) < 4.78 is 28.1. The van der Waals surface area contributed by atoms with Crippen LogP contribution in [-0.2, 0) is 14.6 Å². The van der Waals surface area contributed by atoms with Gasteiger partial charge in [-0.1, -0.05) is 6.07 Å². The Morgan fingerprint density at radius 1 is 1.47 bits per heavy atom. The smallest absolute Gasteiger partial charge is 0.310 e. The van der Waals surface area contributed by atoms with Gasteiger partial charge in [-0.25, -0.2) is 8.42 Å². The van der Waals surface area contributed by atoms with Crippen LogP contribution in [0.2, 0.25) is 0 Å². The summed E-state index contributed by atoms with van der Waals surface area (Å²) in [6, 6.07) is 3.97. The van der Waals surface area contributed by atoms with Crippen LogP contribution in [0.3, 0.4) is 0 Å². The van der Waals surface area contributed by atoms with Crippen LogP contribution < -0.4 is 5.32 Å². The number of hydrogen-bond acceptors (Lipinski definition) is 6. The van der Waals surface area contributed by atoms with Crippen molar-refractivity contribution in [1.29, 1.82) is 0 Å². The number of anilines is 1. The molecule has 1 atom stereocenters. The minimum atomic E-state index is -3.66. The SMILES string of the molecule is COCC(C)Nc1cccc(S(C)(=O)=O)c1[N+](=O)[O-]. The lowest BCUT2D eigenvalue weighted by molar-refractivity contribution is -0.386. The van der Waals surface area contributed by atoms with Crippen LogP contribution in [-0.4, -0.2) is 39.4 Å². The molecule has 0 fully saturated rings. The van der Waals surface area contributed by atoms with E-state index in [0.717, 1.165) is 6.26 Å². The lowest BCUT2D eigenvalue weighted by atomic mass is 10.2. The maximum atomic E-state index is 11.6. The minimum Gasteiger partial charge on any atom is -0.383 e. The van der Waals surface area contributed by atoms with E-state index in [1.165, 1.54) is 25.3 Å². The molecule has 0 aliphatic carbocycles. The van der Waals surface area contributed by atoms with E-state index >= 15 is 0 Å². The zero-order valence-corrected chi connectivity index (χ0v) is 11.7. The first-order chi connectivity index (χ1) is 8.77. The van der Waals surface area contributed by atoms with Gasteiger partial charge in [0.15, 0.2) is 9.84 Å². The second-order valence-corrected chi connectivity index (χ2v) is 6.17. The van der Waals surface area contributed by atoms with Crippen molar-refractivity contribution < 1.29 is 18.1 Å². The second kappa shape index (κ2) is 5.98. The van der Waals surface area contributed by atoms with E-state index < -0.39 is 20.4 Å². The number of sulfone groups is 1. The Labute approximate surface area is 111 Å². The van der Waals surface area contributed by atoms with E-state index in [1.54, 1.807) is 6.92 Å². The van der Waals surface area contributed by atoms with E-state index in [4.69, 9.17) is 4.74 Å². The number of nitro benzene ring substituents is 1. The van der Waals surface area contributed by atoms with Gasteiger partial charge in [0.2, 0.25) is 0 Å². The maximum absolute atomic E-state index is 11.6. The molecule has 1 aromatic carbocycles. The first kappa shape index (κ1) is 15.4. The van der Waals surface area contributed by atoms with Crippen LogP contribution in [0.5, 0.6) is 0 Å². The van der Waals surface area contributed by atoms with Gasteiger partial charge in [0.1, 0.15) is 10.6 Å². The van der Waals surface area contributed by atoms with E-state index in [2.05, 4.69) is 5.32 Å². The standard InChI is InChI=1S/C11H16N2O5S/c1-8(7-18-2)12-9-5-4-6-10(19(3,16)17)11(9)13(14)15/h4-6,8,12H,7H2,1-3H3. The fraction of sp³-hybridized carbons (Fsp3) is 0.455. The predicted octanol–water partition coefficient (Wildman–Crippen LogP) is 1.45. The molecule has 0 bridgehead atoms.